The third kappa shape index (κ3) is 2.78. The highest BCUT2D eigenvalue weighted by atomic mass is 32.2. The van der Waals surface area contributed by atoms with Crippen LogP contribution >= 0.6 is 0 Å². The van der Waals surface area contributed by atoms with E-state index in [1.54, 1.807) is 31.4 Å². The lowest BCUT2D eigenvalue weighted by Gasteiger charge is -2.08. The summed E-state index contributed by atoms with van der Waals surface area (Å²) in [5.74, 6) is 0.668. The molecule has 0 radical (unpaired) electrons. The van der Waals surface area contributed by atoms with Gasteiger partial charge in [0.15, 0.2) is 0 Å². The van der Waals surface area contributed by atoms with Gasteiger partial charge < -0.3 is 4.74 Å². The molecule has 1 N–H and O–H groups in total. The lowest BCUT2D eigenvalue weighted by molar-refractivity contribution is 0.415. The normalized spacial score (nSPS) is 10.9. The fraction of sp³-hybridized carbons (Fsp3) is 0.0833. The van der Waals surface area contributed by atoms with Gasteiger partial charge in [-0.25, -0.2) is 8.42 Å². The number of hydrogen-bond acceptors (Lipinski definition) is 4. The van der Waals surface area contributed by atoms with Gasteiger partial charge in [0.25, 0.3) is 10.0 Å². The van der Waals surface area contributed by atoms with Crippen molar-refractivity contribution in [1.82, 2.24) is 4.98 Å². The topological polar surface area (TPSA) is 68.3 Å². The number of anilines is 1. The van der Waals surface area contributed by atoms with Crippen LogP contribution in [0.3, 0.4) is 0 Å². The van der Waals surface area contributed by atoms with Crippen molar-refractivity contribution in [1.29, 1.82) is 0 Å². The van der Waals surface area contributed by atoms with Gasteiger partial charge in [-0.1, -0.05) is 0 Å². The first kappa shape index (κ1) is 12.4. The molecule has 0 aliphatic rings. The van der Waals surface area contributed by atoms with E-state index in [9.17, 15) is 8.42 Å². The molecule has 94 valence electrons. The molecular weight excluding hydrogens is 252 g/mol. The highest BCUT2D eigenvalue weighted by Crippen LogP contribution is 2.18. The molecule has 0 aliphatic heterocycles. The number of nitrogens with one attached hydrogen (secondary N) is 1. The summed E-state index contributed by atoms with van der Waals surface area (Å²) in [7, 11) is -2.01. The Morgan fingerprint density at radius 3 is 2.22 bits per heavy atom. The highest BCUT2D eigenvalue weighted by Gasteiger charge is 2.13. The molecular formula is C12H12N2O3S. The largest absolute Gasteiger partial charge is 0.497 e. The molecule has 1 aromatic carbocycles. The Bertz CT molecular complexity index is 610. The number of benzene rings is 1. The highest BCUT2D eigenvalue weighted by molar-refractivity contribution is 7.92. The SMILES string of the molecule is COc1ccc(NS(=O)(=O)c2ccncc2)cc1. The van der Waals surface area contributed by atoms with Crippen LogP contribution in [-0.4, -0.2) is 20.5 Å². The second-order valence-corrected chi connectivity index (χ2v) is 5.20. The van der Waals surface area contributed by atoms with Crippen LogP contribution in [0, 0.1) is 0 Å². The number of nitrogens with zero attached hydrogens (tertiary/aromatic N) is 1. The van der Waals surface area contributed by atoms with Crippen molar-refractivity contribution in [3.05, 3.63) is 48.8 Å². The Hall–Kier alpha value is -2.08. The maximum atomic E-state index is 12.0. The van der Waals surface area contributed by atoms with Crippen LogP contribution in [0.4, 0.5) is 5.69 Å². The van der Waals surface area contributed by atoms with Crippen molar-refractivity contribution < 1.29 is 13.2 Å². The average molecular weight is 264 g/mol. The minimum Gasteiger partial charge on any atom is -0.497 e. The second-order valence-electron chi connectivity index (χ2n) is 3.52. The van der Waals surface area contributed by atoms with E-state index in [1.807, 2.05) is 0 Å². The third-order valence-corrected chi connectivity index (χ3v) is 3.70. The smallest absolute Gasteiger partial charge is 0.262 e. The summed E-state index contributed by atoms with van der Waals surface area (Å²) < 4.78 is 31.4. The number of methoxy groups -OCH3 is 1. The van der Waals surface area contributed by atoms with E-state index in [1.165, 1.54) is 24.5 Å². The summed E-state index contributed by atoms with van der Waals surface area (Å²) >= 11 is 0. The van der Waals surface area contributed by atoms with Crippen LogP contribution in [0.2, 0.25) is 0 Å². The third-order valence-electron chi connectivity index (χ3n) is 2.30. The number of hydrogen-bond donors (Lipinski definition) is 1. The van der Waals surface area contributed by atoms with Crippen LogP contribution in [-0.2, 0) is 10.0 Å². The molecule has 0 spiro atoms. The Kier molecular flexibility index (Phi) is 3.47. The van der Waals surface area contributed by atoms with E-state index in [0.29, 0.717) is 11.4 Å². The van der Waals surface area contributed by atoms with Crippen molar-refractivity contribution in [3.63, 3.8) is 0 Å². The van der Waals surface area contributed by atoms with Crippen molar-refractivity contribution in [2.24, 2.45) is 0 Å². The van der Waals surface area contributed by atoms with Gasteiger partial charge in [-0.15, -0.1) is 0 Å². The average Bonchev–Trinajstić information content (AvgIpc) is 2.40. The van der Waals surface area contributed by atoms with Crippen LogP contribution in [0.15, 0.2) is 53.7 Å². The van der Waals surface area contributed by atoms with E-state index in [2.05, 4.69) is 9.71 Å². The van der Waals surface area contributed by atoms with Crippen molar-refractivity contribution in [2.75, 3.05) is 11.8 Å². The minimum atomic E-state index is -3.56. The zero-order valence-corrected chi connectivity index (χ0v) is 10.5. The second kappa shape index (κ2) is 5.05. The maximum Gasteiger partial charge on any atom is 0.262 e. The zero-order valence-electron chi connectivity index (χ0n) is 9.70. The molecule has 0 fully saturated rings. The molecule has 0 amide bonds. The van der Waals surface area contributed by atoms with Gasteiger partial charge in [-0.3, -0.25) is 9.71 Å². The number of rotatable bonds is 4. The quantitative estimate of drug-likeness (QED) is 0.915. The Balaban J connectivity index is 2.22. The van der Waals surface area contributed by atoms with Crippen LogP contribution in [0.5, 0.6) is 5.75 Å². The summed E-state index contributed by atoms with van der Waals surface area (Å²) in [6.07, 6.45) is 2.87. The standard InChI is InChI=1S/C12H12N2O3S/c1-17-11-4-2-10(3-5-11)14-18(15,16)12-6-8-13-9-7-12/h2-9,14H,1H3. The molecule has 0 saturated heterocycles. The van der Waals surface area contributed by atoms with Crippen LogP contribution in [0.1, 0.15) is 0 Å². The first-order chi connectivity index (χ1) is 8.62. The van der Waals surface area contributed by atoms with Crippen LogP contribution in [0.25, 0.3) is 0 Å². The van der Waals surface area contributed by atoms with Crippen molar-refractivity contribution >= 4 is 15.7 Å². The van der Waals surface area contributed by atoms with Gasteiger partial charge in [-0.2, -0.15) is 0 Å². The molecule has 1 heterocycles. The molecule has 18 heavy (non-hydrogen) atoms. The molecule has 0 saturated carbocycles. The van der Waals surface area contributed by atoms with Gasteiger partial charge >= 0.3 is 0 Å². The summed E-state index contributed by atoms with van der Waals surface area (Å²) in [5.41, 5.74) is 0.479. The Morgan fingerprint density at radius 2 is 1.67 bits per heavy atom. The van der Waals surface area contributed by atoms with E-state index >= 15 is 0 Å². The maximum absolute atomic E-state index is 12.0. The lowest BCUT2D eigenvalue weighted by atomic mass is 10.3. The molecule has 1 aromatic heterocycles. The molecule has 5 nitrogen and oxygen atoms in total. The van der Waals surface area contributed by atoms with E-state index in [0.717, 1.165) is 0 Å². The van der Waals surface area contributed by atoms with E-state index < -0.39 is 10.0 Å². The molecule has 2 aromatic rings. The molecule has 0 unspecified atom stereocenters. The number of aromatic nitrogens is 1. The predicted octanol–water partition coefficient (Wildman–Crippen LogP) is 1.89. The summed E-state index contributed by atoms with van der Waals surface area (Å²) in [4.78, 5) is 3.95. The van der Waals surface area contributed by atoms with Gasteiger partial charge in [-0.05, 0) is 36.4 Å². The first-order valence-corrected chi connectivity index (χ1v) is 6.67. The molecule has 6 heteroatoms. The summed E-state index contributed by atoms with van der Waals surface area (Å²) in [6, 6.07) is 9.52. The van der Waals surface area contributed by atoms with Gasteiger partial charge in [0.2, 0.25) is 0 Å². The fourth-order valence-corrected chi connectivity index (χ4v) is 2.43. The lowest BCUT2D eigenvalue weighted by Crippen LogP contribution is -2.12. The monoisotopic (exact) mass is 264 g/mol. The molecule has 0 bridgehead atoms. The van der Waals surface area contributed by atoms with Crippen LogP contribution < -0.4 is 9.46 Å². The van der Waals surface area contributed by atoms with Crippen molar-refractivity contribution in [3.8, 4) is 5.75 Å². The fourth-order valence-electron chi connectivity index (χ4n) is 1.39. The number of ether oxygens (including phenoxy) is 1. The van der Waals surface area contributed by atoms with E-state index in [-0.39, 0.29) is 4.90 Å². The summed E-state index contributed by atoms with van der Waals surface area (Å²) in [6.45, 7) is 0. The zero-order chi connectivity index (χ0) is 13.0. The Morgan fingerprint density at radius 1 is 1.06 bits per heavy atom. The Labute approximate surface area is 105 Å². The molecule has 2 rings (SSSR count). The predicted molar refractivity (Wildman–Crippen MR) is 68.0 cm³/mol. The van der Waals surface area contributed by atoms with Gasteiger partial charge in [0, 0.05) is 18.1 Å². The van der Waals surface area contributed by atoms with E-state index in [4.69, 9.17) is 4.74 Å². The van der Waals surface area contributed by atoms with Crippen molar-refractivity contribution in [2.45, 2.75) is 4.90 Å². The molecule has 0 aliphatic carbocycles. The number of sulfonamides is 1. The first-order valence-electron chi connectivity index (χ1n) is 5.19. The molecule has 0 atom stereocenters. The van der Waals surface area contributed by atoms with Gasteiger partial charge in [0.05, 0.1) is 12.0 Å². The summed E-state index contributed by atoms with van der Waals surface area (Å²) in [5, 5.41) is 0. The minimum absolute atomic E-state index is 0.174. The number of pyridine rings is 1. The van der Waals surface area contributed by atoms with Gasteiger partial charge in [0.1, 0.15) is 5.75 Å².